The summed E-state index contributed by atoms with van der Waals surface area (Å²) in [6, 6.07) is 4.20. The zero-order chi connectivity index (χ0) is 9.10. The van der Waals surface area contributed by atoms with Crippen LogP contribution in [0.15, 0.2) is 22.8 Å². The molecule has 2 heterocycles. The Labute approximate surface area is 83.5 Å². The van der Waals surface area contributed by atoms with Gasteiger partial charge in [0.25, 0.3) is 0 Å². The topological polar surface area (TPSA) is 16.4 Å². The lowest BCUT2D eigenvalue weighted by molar-refractivity contribution is 0.234. The maximum absolute atomic E-state index is 5.94. The summed E-state index contributed by atoms with van der Waals surface area (Å²) < 4.78 is 5.37. The third-order valence-electron chi connectivity index (χ3n) is 2.60. The monoisotopic (exact) mass is 199 g/mol. The van der Waals surface area contributed by atoms with E-state index in [9.17, 15) is 0 Å². The normalized spacial score (nSPS) is 20.7. The van der Waals surface area contributed by atoms with Gasteiger partial charge in [-0.3, -0.25) is 4.90 Å². The predicted octanol–water partition coefficient (Wildman–Crippen LogP) is 2.66. The lowest BCUT2D eigenvalue weighted by atomic mass is 10.2. The van der Waals surface area contributed by atoms with Crippen molar-refractivity contribution >= 4 is 11.6 Å². The van der Waals surface area contributed by atoms with E-state index in [2.05, 4.69) is 4.90 Å². The van der Waals surface area contributed by atoms with Crippen LogP contribution in [0, 0.1) is 0 Å². The van der Waals surface area contributed by atoms with E-state index in [4.69, 9.17) is 16.0 Å². The summed E-state index contributed by atoms with van der Waals surface area (Å²) in [5.74, 6) is 1.62. The van der Waals surface area contributed by atoms with E-state index in [1.807, 2.05) is 12.1 Å². The third kappa shape index (κ3) is 1.89. The number of halogens is 1. The first-order valence-electron chi connectivity index (χ1n) is 4.75. The lowest BCUT2D eigenvalue weighted by Crippen LogP contribution is -2.26. The number of likely N-dealkylation sites (tertiary alicyclic amines) is 1. The average molecular weight is 200 g/mol. The highest BCUT2D eigenvalue weighted by Crippen LogP contribution is 2.26. The Kier molecular flexibility index (Phi) is 2.91. The quantitative estimate of drug-likeness (QED) is 0.696. The second-order valence-corrected chi connectivity index (χ2v) is 3.74. The Morgan fingerprint density at radius 2 is 2.23 bits per heavy atom. The van der Waals surface area contributed by atoms with Crippen molar-refractivity contribution in [3.63, 3.8) is 0 Å². The number of alkyl halides is 1. The van der Waals surface area contributed by atoms with Gasteiger partial charge in [0.05, 0.1) is 12.3 Å². The fourth-order valence-electron chi connectivity index (χ4n) is 1.89. The van der Waals surface area contributed by atoms with E-state index in [-0.39, 0.29) is 6.04 Å². The Bertz CT molecular complexity index is 241. The molecule has 1 unspecified atom stereocenters. The molecule has 1 saturated heterocycles. The largest absolute Gasteiger partial charge is 0.468 e. The lowest BCUT2D eigenvalue weighted by Gasteiger charge is -2.23. The molecule has 72 valence electrons. The van der Waals surface area contributed by atoms with Crippen LogP contribution in [-0.4, -0.2) is 23.9 Å². The molecule has 3 heteroatoms. The molecule has 1 aromatic rings. The van der Waals surface area contributed by atoms with Crippen LogP contribution >= 0.6 is 11.6 Å². The van der Waals surface area contributed by atoms with Crippen LogP contribution in [0.1, 0.15) is 24.6 Å². The second-order valence-electron chi connectivity index (χ2n) is 3.43. The smallest absolute Gasteiger partial charge is 0.122 e. The molecule has 1 atom stereocenters. The van der Waals surface area contributed by atoms with Gasteiger partial charge in [-0.15, -0.1) is 11.6 Å². The molecule has 1 aromatic heterocycles. The van der Waals surface area contributed by atoms with Gasteiger partial charge in [0.15, 0.2) is 0 Å². The number of hydrogen-bond acceptors (Lipinski definition) is 2. The van der Waals surface area contributed by atoms with Crippen molar-refractivity contribution in [2.75, 3.05) is 19.0 Å². The van der Waals surface area contributed by atoms with Crippen molar-refractivity contribution in [3.05, 3.63) is 24.2 Å². The maximum atomic E-state index is 5.94. The summed E-state index contributed by atoms with van der Waals surface area (Å²) in [5.41, 5.74) is 0. The summed E-state index contributed by atoms with van der Waals surface area (Å²) in [6.07, 6.45) is 4.28. The van der Waals surface area contributed by atoms with Crippen LogP contribution in [-0.2, 0) is 0 Å². The number of rotatable bonds is 3. The zero-order valence-electron chi connectivity index (χ0n) is 7.58. The molecule has 0 N–H and O–H groups in total. The van der Waals surface area contributed by atoms with Crippen LogP contribution < -0.4 is 0 Å². The second kappa shape index (κ2) is 4.16. The molecule has 2 nitrogen and oxygen atoms in total. The van der Waals surface area contributed by atoms with E-state index in [0.717, 1.165) is 18.8 Å². The number of nitrogens with zero attached hydrogens (tertiary/aromatic N) is 1. The summed E-state index contributed by atoms with van der Waals surface area (Å²) in [7, 11) is 0. The van der Waals surface area contributed by atoms with Gasteiger partial charge in [-0.2, -0.15) is 0 Å². The summed E-state index contributed by atoms with van der Waals surface area (Å²) in [6.45, 7) is 2.30. The van der Waals surface area contributed by atoms with Gasteiger partial charge in [0.1, 0.15) is 5.76 Å². The van der Waals surface area contributed by atoms with Crippen molar-refractivity contribution < 1.29 is 4.42 Å². The standard InChI is InChI=1S/C10H14ClNO/c11-8-9(10-4-3-7-13-10)12-5-1-2-6-12/h3-4,7,9H,1-2,5-6,8H2. The maximum Gasteiger partial charge on any atom is 0.122 e. The van der Waals surface area contributed by atoms with Crippen LogP contribution in [0.5, 0.6) is 0 Å². The molecule has 1 fully saturated rings. The van der Waals surface area contributed by atoms with Gasteiger partial charge < -0.3 is 4.42 Å². The molecular formula is C10H14ClNO. The van der Waals surface area contributed by atoms with Gasteiger partial charge in [0.2, 0.25) is 0 Å². The van der Waals surface area contributed by atoms with Gasteiger partial charge in [-0.05, 0) is 38.1 Å². The Balaban J connectivity index is 2.08. The highest BCUT2D eigenvalue weighted by atomic mass is 35.5. The van der Waals surface area contributed by atoms with Crippen molar-refractivity contribution in [2.45, 2.75) is 18.9 Å². The fourth-order valence-corrected chi connectivity index (χ4v) is 2.23. The Morgan fingerprint density at radius 1 is 1.46 bits per heavy atom. The molecule has 2 rings (SSSR count). The van der Waals surface area contributed by atoms with Crippen molar-refractivity contribution in [1.82, 2.24) is 4.90 Å². The molecule has 0 bridgehead atoms. The minimum absolute atomic E-state index is 0.277. The highest BCUT2D eigenvalue weighted by molar-refractivity contribution is 6.18. The molecule has 0 aromatic carbocycles. The first kappa shape index (κ1) is 9.10. The first-order valence-corrected chi connectivity index (χ1v) is 5.28. The molecule has 13 heavy (non-hydrogen) atoms. The molecule has 1 aliphatic rings. The SMILES string of the molecule is ClCC(c1ccco1)N1CCCC1. The van der Waals surface area contributed by atoms with Gasteiger partial charge in [0, 0.05) is 5.88 Å². The molecule has 0 saturated carbocycles. The van der Waals surface area contributed by atoms with E-state index in [1.165, 1.54) is 12.8 Å². The molecule has 0 aliphatic carbocycles. The minimum Gasteiger partial charge on any atom is -0.468 e. The van der Waals surface area contributed by atoms with E-state index >= 15 is 0 Å². The van der Waals surface area contributed by atoms with Crippen molar-refractivity contribution in [1.29, 1.82) is 0 Å². The molecule has 0 radical (unpaired) electrons. The van der Waals surface area contributed by atoms with Crippen molar-refractivity contribution in [3.8, 4) is 0 Å². The van der Waals surface area contributed by atoms with E-state index in [1.54, 1.807) is 6.26 Å². The number of furan rings is 1. The van der Waals surface area contributed by atoms with Crippen molar-refractivity contribution in [2.24, 2.45) is 0 Å². The number of hydrogen-bond donors (Lipinski definition) is 0. The van der Waals surface area contributed by atoms with Gasteiger partial charge in [-0.1, -0.05) is 0 Å². The first-order chi connectivity index (χ1) is 6.42. The highest BCUT2D eigenvalue weighted by Gasteiger charge is 2.24. The summed E-state index contributed by atoms with van der Waals surface area (Å²) in [4.78, 5) is 2.39. The van der Waals surface area contributed by atoms with Crippen LogP contribution in [0.4, 0.5) is 0 Å². The average Bonchev–Trinajstić information content (AvgIpc) is 2.76. The molecule has 1 aliphatic heterocycles. The Morgan fingerprint density at radius 3 is 2.77 bits per heavy atom. The van der Waals surface area contributed by atoms with E-state index in [0.29, 0.717) is 5.88 Å². The molecule has 0 amide bonds. The summed E-state index contributed by atoms with van der Waals surface area (Å²) in [5, 5.41) is 0. The molecular weight excluding hydrogens is 186 g/mol. The zero-order valence-corrected chi connectivity index (χ0v) is 8.33. The summed E-state index contributed by atoms with van der Waals surface area (Å²) >= 11 is 5.94. The van der Waals surface area contributed by atoms with Gasteiger partial charge in [-0.25, -0.2) is 0 Å². The van der Waals surface area contributed by atoms with Crippen LogP contribution in [0.2, 0.25) is 0 Å². The van der Waals surface area contributed by atoms with E-state index < -0.39 is 0 Å². The van der Waals surface area contributed by atoms with Crippen LogP contribution in [0.3, 0.4) is 0 Å². The third-order valence-corrected chi connectivity index (χ3v) is 2.89. The fraction of sp³-hybridized carbons (Fsp3) is 0.600. The van der Waals surface area contributed by atoms with Gasteiger partial charge >= 0.3 is 0 Å². The van der Waals surface area contributed by atoms with Crippen LogP contribution in [0.25, 0.3) is 0 Å². The Hall–Kier alpha value is -0.470. The molecule has 0 spiro atoms. The minimum atomic E-state index is 0.277. The predicted molar refractivity (Wildman–Crippen MR) is 53.0 cm³/mol.